The second-order valence-corrected chi connectivity index (χ2v) is 13.8. The largest absolute Gasteiger partial charge is 0.464 e. The van der Waals surface area contributed by atoms with Crippen molar-refractivity contribution in [2.45, 2.75) is 173 Å². The van der Waals surface area contributed by atoms with Gasteiger partial charge in [0.15, 0.2) is 6.20 Å². The van der Waals surface area contributed by atoms with E-state index in [1.165, 1.54) is 83.5 Å². The summed E-state index contributed by atoms with van der Waals surface area (Å²) in [6.07, 6.45) is 23.9. The highest BCUT2D eigenvalue weighted by Gasteiger charge is 2.31. The lowest BCUT2D eigenvalue weighted by atomic mass is 10.0. The fourth-order valence-electron chi connectivity index (χ4n) is 6.01. The van der Waals surface area contributed by atoms with Gasteiger partial charge in [-0.3, -0.25) is 0 Å². The Morgan fingerprint density at radius 3 is 2.10 bits per heavy atom. The summed E-state index contributed by atoms with van der Waals surface area (Å²) in [6.45, 7) is 6.17. The number of alkyl carbamates (subject to hydrolysis) is 2. The Morgan fingerprint density at radius 1 is 0.833 bits per heavy atom. The molecule has 48 heavy (non-hydrogen) atoms. The van der Waals surface area contributed by atoms with Crippen LogP contribution in [0.3, 0.4) is 0 Å². The monoisotopic (exact) mass is 696 g/mol. The Morgan fingerprint density at radius 2 is 1.48 bits per heavy atom. The van der Waals surface area contributed by atoms with E-state index in [9.17, 15) is 14.4 Å². The molecule has 1 aliphatic rings. The lowest BCUT2D eigenvalue weighted by Crippen LogP contribution is -2.46. The Hall–Kier alpha value is -2.40. The topological polar surface area (TPSA) is 116 Å². The smallest absolute Gasteiger partial charge is 0.407 e. The van der Waals surface area contributed by atoms with E-state index in [0.29, 0.717) is 26.0 Å². The van der Waals surface area contributed by atoms with Crippen molar-refractivity contribution in [3.05, 3.63) is 17.1 Å². The molecule has 10 nitrogen and oxygen atoms in total. The molecule has 11 heteroatoms. The average molecular weight is 697 g/mol. The maximum Gasteiger partial charge on any atom is 0.407 e. The molecule has 2 N–H and O–H groups in total. The number of rotatable bonds is 28. The van der Waals surface area contributed by atoms with Crippen molar-refractivity contribution >= 4 is 29.5 Å². The standard InChI is InChI=1S/C37H65N3O7S/c1-3-5-6-7-8-9-10-11-12-13-14-15-16-17-20-25-38-36(42)47-33-24-22-28-45-34(33)30-46-37(43)39-32(35(41)44-4-2)23-19-18-21-26-40-27-29-48-31-40/h27,29,31-34H,3-26,28,30H2,1-2H3,(H-,38,39,42,43)/p+1. The lowest BCUT2D eigenvalue weighted by Gasteiger charge is -2.31. The second-order valence-electron chi connectivity index (χ2n) is 13.0. The predicted molar refractivity (Wildman–Crippen MR) is 190 cm³/mol. The molecule has 3 unspecified atom stereocenters. The quantitative estimate of drug-likeness (QED) is 0.0391. The minimum absolute atomic E-state index is 0.0732. The molecule has 0 spiro atoms. The number of ether oxygens (including phenoxy) is 4. The van der Waals surface area contributed by atoms with Crippen LogP contribution in [0.15, 0.2) is 17.1 Å². The van der Waals surface area contributed by atoms with E-state index < -0.39 is 36.4 Å². The van der Waals surface area contributed by atoms with Crippen LogP contribution < -0.4 is 15.2 Å². The number of aryl methyl sites for hydroxylation is 1. The van der Waals surface area contributed by atoms with E-state index >= 15 is 0 Å². The number of carbonyl (C=O) groups excluding carboxylic acids is 3. The first-order valence-electron chi connectivity index (χ1n) is 19.1. The van der Waals surface area contributed by atoms with Crippen LogP contribution in [0.2, 0.25) is 0 Å². The van der Waals surface area contributed by atoms with Crippen LogP contribution in [0, 0.1) is 0 Å². The average Bonchev–Trinajstić information content (AvgIpc) is 3.61. The van der Waals surface area contributed by atoms with Gasteiger partial charge in [0.2, 0.25) is 5.51 Å². The van der Waals surface area contributed by atoms with Crippen molar-refractivity contribution in [1.29, 1.82) is 0 Å². The number of thiazole rings is 1. The first-order valence-corrected chi connectivity index (χ1v) is 20.0. The Kier molecular flexibility index (Phi) is 24.7. The van der Waals surface area contributed by atoms with Crippen LogP contribution in [0.25, 0.3) is 0 Å². The van der Waals surface area contributed by atoms with Crippen LogP contribution >= 0.6 is 11.3 Å². The summed E-state index contributed by atoms with van der Waals surface area (Å²) in [5, 5.41) is 7.56. The number of unbranched alkanes of at least 4 members (excludes halogenated alkanes) is 16. The number of carbonyl (C=O) groups is 3. The zero-order valence-corrected chi connectivity index (χ0v) is 30.9. The van der Waals surface area contributed by atoms with Crippen molar-refractivity contribution in [3.8, 4) is 0 Å². The molecule has 0 aliphatic carbocycles. The van der Waals surface area contributed by atoms with E-state index in [1.807, 2.05) is 11.6 Å². The molecule has 0 aromatic carbocycles. The van der Waals surface area contributed by atoms with Gasteiger partial charge in [-0.05, 0) is 39.0 Å². The van der Waals surface area contributed by atoms with Crippen molar-refractivity contribution in [1.82, 2.24) is 10.6 Å². The van der Waals surface area contributed by atoms with E-state index in [2.05, 4.69) is 27.6 Å². The summed E-state index contributed by atoms with van der Waals surface area (Å²) in [7, 11) is 0. The third-order valence-electron chi connectivity index (χ3n) is 8.87. The zero-order valence-electron chi connectivity index (χ0n) is 30.1. The van der Waals surface area contributed by atoms with Crippen LogP contribution in [0.4, 0.5) is 9.59 Å². The van der Waals surface area contributed by atoms with Gasteiger partial charge in [0, 0.05) is 19.6 Å². The molecule has 1 fully saturated rings. The number of hydrogen-bond acceptors (Lipinski definition) is 8. The third kappa shape index (κ3) is 20.9. The Balaban J connectivity index is 1.54. The third-order valence-corrected chi connectivity index (χ3v) is 9.54. The molecule has 2 heterocycles. The molecule has 276 valence electrons. The molecule has 0 saturated carbocycles. The van der Waals surface area contributed by atoms with Crippen molar-refractivity contribution in [2.24, 2.45) is 0 Å². The van der Waals surface area contributed by atoms with Gasteiger partial charge in [0.25, 0.3) is 0 Å². The summed E-state index contributed by atoms with van der Waals surface area (Å²) in [4.78, 5) is 37.6. The first-order chi connectivity index (χ1) is 23.5. The van der Waals surface area contributed by atoms with E-state index in [-0.39, 0.29) is 13.2 Å². The number of amides is 2. The fourth-order valence-corrected chi connectivity index (χ4v) is 6.64. The minimum Gasteiger partial charge on any atom is -0.464 e. The molecule has 1 aromatic rings. The number of esters is 1. The van der Waals surface area contributed by atoms with Gasteiger partial charge < -0.3 is 29.6 Å². The summed E-state index contributed by atoms with van der Waals surface area (Å²) in [5.74, 6) is -0.470. The molecule has 0 bridgehead atoms. The molecule has 0 radical (unpaired) electrons. The summed E-state index contributed by atoms with van der Waals surface area (Å²) < 4.78 is 24.2. The molecule has 3 atom stereocenters. The zero-order chi connectivity index (χ0) is 34.5. The van der Waals surface area contributed by atoms with Crippen molar-refractivity contribution in [2.75, 3.05) is 26.4 Å². The normalized spacial score (nSPS) is 16.6. The lowest BCUT2D eigenvalue weighted by molar-refractivity contribution is -0.692. The first kappa shape index (κ1) is 41.8. The molecule has 1 saturated heterocycles. The maximum atomic E-state index is 12.6. The van der Waals surface area contributed by atoms with Gasteiger partial charge in [-0.2, -0.15) is 4.57 Å². The Bertz CT molecular complexity index is 949. The van der Waals surface area contributed by atoms with E-state index in [1.54, 1.807) is 18.3 Å². The summed E-state index contributed by atoms with van der Waals surface area (Å²) >= 11 is 1.66. The highest BCUT2D eigenvalue weighted by atomic mass is 32.1. The number of aromatic nitrogens is 1. The van der Waals surface area contributed by atoms with Crippen LogP contribution in [-0.2, 0) is 30.3 Å². The van der Waals surface area contributed by atoms with Crippen LogP contribution in [-0.4, -0.2) is 62.8 Å². The fraction of sp³-hybridized carbons (Fsp3) is 0.838. The SMILES string of the molecule is CCCCCCCCCCCCCCCCCNC(=O)OC1CCCOC1COC(=O)NC(CCCCC[n+]1ccsc1)C(=O)OCC. The van der Waals surface area contributed by atoms with Gasteiger partial charge in [0.05, 0.1) is 12.0 Å². The van der Waals surface area contributed by atoms with Gasteiger partial charge >= 0.3 is 18.2 Å². The predicted octanol–water partition coefficient (Wildman–Crippen LogP) is 8.40. The molecule has 1 aromatic heterocycles. The molecular weight excluding hydrogens is 630 g/mol. The number of hydrogen-bond donors (Lipinski definition) is 2. The second kappa shape index (κ2) is 28.4. The van der Waals surface area contributed by atoms with Crippen molar-refractivity contribution in [3.63, 3.8) is 0 Å². The summed E-state index contributed by atoms with van der Waals surface area (Å²) in [5.41, 5.74) is 2.07. The van der Waals surface area contributed by atoms with Gasteiger partial charge in [0.1, 0.15) is 31.4 Å². The van der Waals surface area contributed by atoms with E-state index in [4.69, 9.17) is 18.9 Å². The highest BCUT2D eigenvalue weighted by molar-refractivity contribution is 7.07. The van der Waals surface area contributed by atoms with Crippen LogP contribution in [0.1, 0.15) is 149 Å². The van der Waals surface area contributed by atoms with Crippen LogP contribution in [0.5, 0.6) is 0 Å². The summed E-state index contributed by atoms with van der Waals surface area (Å²) in [6, 6.07) is -0.781. The maximum absolute atomic E-state index is 12.6. The number of nitrogens with one attached hydrogen (secondary N) is 2. The Labute approximate surface area is 294 Å². The van der Waals surface area contributed by atoms with E-state index in [0.717, 1.165) is 45.1 Å². The molecule has 1 aliphatic heterocycles. The van der Waals surface area contributed by atoms with Gasteiger partial charge in [-0.25, -0.2) is 14.4 Å². The molecular formula is C37H66N3O7S+. The van der Waals surface area contributed by atoms with Gasteiger partial charge in [-0.1, -0.05) is 115 Å². The molecule has 2 amide bonds. The van der Waals surface area contributed by atoms with Crippen molar-refractivity contribution < 1.29 is 37.9 Å². The number of nitrogens with zero attached hydrogens (tertiary/aromatic N) is 1. The minimum atomic E-state index is -0.781. The highest BCUT2D eigenvalue weighted by Crippen LogP contribution is 2.19. The molecule has 2 rings (SSSR count). The van der Waals surface area contributed by atoms with Gasteiger partial charge in [-0.15, -0.1) is 0 Å².